The maximum absolute atomic E-state index is 16.4. The van der Waals surface area contributed by atoms with Gasteiger partial charge in [-0.05, 0) is 187 Å². The van der Waals surface area contributed by atoms with E-state index in [1.165, 1.54) is 83.5 Å². The molecule has 37 heavy (non-hydrogen) atoms. The van der Waals surface area contributed by atoms with Crippen molar-refractivity contribution in [3.63, 3.8) is 0 Å². The fourth-order valence-electron chi connectivity index (χ4n) is 6.46. The number of rotatable bonds is 3. The molecular formula is C33H45ClMgOSi. The molecule has 0 unspecified atom stereocenters. The average molecular weight is 546 g/mol. The Bertz CT molecular complexity index is 1150. The smallest absolute Gasteiger partial charge is 1.00 e. The first kappa shape index (κ1) is 33.9. The fraction of sp³-hybridized carbons (Fsp3) is 0.455. The van der Waals surface area contributed by atoms with Gasteiger partial charge in [-0.2, -0.15) is 0 Å². The summed E-state index contributed by atoms with van der Waals surface area (Å²) in [4.78, 5) is 16.4. The van der Waals surface area contributed by atoms with Crippen LogP contribution in [0.1, 0.15) is 83.5 Å². The SMILES string of the molecule is Cc1c(C)c(C)c([Si]([O-])(c2c(C)c(C)c(C)c(C)c2C)c2c(C)c(C)c(C)c(C)c2C)c(C)c1C.[Cl-].[Mg+2]. The van der Waals surface area contributed by atoms with E-state index in [0.717, 1.165) is 15.6 Å². The van der Waals surface area contributed by atoms with Crippen molar-refractivity contribution >= 4 is 46.9 Å². The zero-order valence-electron chi connectivity index (χ0n) is 26.0. The first-order valence-corrected chi connectivity index (χ1v) is 14.9. The molecule has 0 fully saturated rings. The van der Waals surface area contributed by atoms with Gasteiger partial charge in [0.1, 0.15) is 0 Å². The predicted octanol–water partition coefficient (Wildman–Crippen LogP) is 2.26. The second kappa shape index (κ2) is 11.6. The van der Waals surface area contributed by atoms with E-state index in [4.69, 9.17) is 0 Å². The maximum atomic E-state index is 16.4. The summed E-state index contributed by atoms with van der Waals surface area (Å²) in [5, 5.41) is 3.25. The normalized spacial score (nSPS) is 11.4. The van der Waals surface area contributed by atoms with Crippen LogP contribution in [0.3, 0.4) is 0 Å². The van der Waals surface area contributed by atoms with Crippen LogP contribution < -0.4 is 32.8 Å². The Morgan fingerprint density at radius 1 is 0.297 bits per heavy atom. The Morgan fingerprint density at radius 3 is 0.541 bits per heavy atom. The third-order valence-corrected chi connectivity index (χ3v) is 14.4. The topological polar surface area (TPSA) is 23.1 Å². The van der Waals surface area contributed by atoms with Crippen LogP contribution in [0, 0.1) is 104 Å². The van der Waals surface area contributed by atoms with Gasteiger partial charge < -0.3 is 17.2 Å². The molecule has 0 amide bonds. The van der Waals surface area contributed by atoms with Crippen molar-refractivity contribution in [3.8, 4) is 0 Å². The molecule has 0 aromatic heterocycles. The summed E-state index contributed by atoms with van der Waals surface area (Å²) in [6.07, 6.45) is 0. The van der Waals surface area contributed by atoms with E-state index in [1.54, 1.807) is 0 Å². The molecule has 0 radical (unpaired) electrons. The Balaban J connectivity index is 0.00000342. The van der Waals surface area contributed by atoms with Crippen LogP contribution in [0.2, 0.25) is 0 Å². The Hall–Kier alpha value is -1.11. The van der Waals surface area contributed by atoms with Crippen LogP contribution in [0.5, 0.6) is 0 Å². The molecule has 0 saturated carbocycles. The number of halogens is 1. The molecule has 196 valence electrons. The molecule has 4 heteroatoms. The minimum Gasteiger partial charge on any atom is -1.00 e. The second-order valence-corrected chi connectivity index (χ2v) is 14.0. The van der Waals surface area contributed by atoms with Crippen LogP contribution in [0.4, 0.5) is 0 Å². The third kappa shape index (κ3) is 4.78. The van der Waals surface area contributed by atoms with Crippen molar-refractivity contribution in [3.05, 3.63) is 83.5 Å². The van der Waals surface area contributed by atoms with Gasteiger partial charge in [0.2, 0.25) is 0 Å². The average Bonchev–Trinajstić information content (AvgIpc) is 2.81. The summed E-state index contributed by atoms with van der Waals surface area (Å²) in [5.41, 5.74) is 18.7. The van der Waals surface area contributed by atoms with E-state index >= 15 is 4.80 Å². The molecule has 0 aliphatic carbocycles. The summed E-state index contributed by atoms with van der Waals surface area (Å²) >= 11 is 0. The quantitative estimate of drug-likeness (QED) is 0.366. The van der Waals surface area contributed by atoms with Crippen molar-refractivity contribution in [2.45, 2.75) is 104 Å². The zero-order valence-corrected chi connectivity index (χ0v) is 29.2. The molecule has 0 heterocycles. The molecule has 0 aliphatic rings. The van der Waals surface area contributed by atoms with Crippen molar-refractivity contribution in [1.82, 2.24) is 0 Å². The van der Waals surface area contributed by atoms with Crippen molar-refractivity contribution < 1.29 is 17.2 Å². The fourth-order valence-corrected chi connectivity index (χ4v) is 11.5. The van der Waals surface area contributed by atoms with Gasteiger partial charge in [0, 0.05) is 0 Å². The van der Waals surface area contributed by atoms with Gasteiger partial charge in [-0.1, -0.05) is 15.6 Å². The Labute approximate surface area is 250 Å². The molecule has 1 nitrogen and oxygen atoms in total. The van der Waals surface area contributed by atoms with E-state index in [-0.39, 0.29) is 35.5 Å². The molecule has 3 rings (SSSR count). The van der Waals surface area contributed by atoms with E-state index < -0.39 is 8.32 Å². The summed E-state index contributed by atoms with van der Waals surface area (Å²) in [6.45, 7) is 33.0. The van der Waals surface area contributed by atoms with Gasteiger partial charge in [0.15, 0.2) is 0 Å². The van der Waals surface area contributed by atoms with E-state index in [2.05, 4.69) is 104 Å². The van der Waals surface area contributed by atoms with Gasteiger partial charge in [0.05, 0.1) is 8.32 Å². The first-order valence-electron chi connectivity index (χ1n) is 13.0. The van der Waals surface area contributed by atoms with Crippen molar-refractivity contribution in [2.24, 2.45) is 0 Å². The predicted molar refractivity (Wildman–Crippen MR) is 161 cm³/mol. The minimum absolute atomic E-state index is 0. The van der Waals surface area contributed by atoms with Crippen LogP contribution in [0.15, 0.2) is 0 Å². The molecule has 0 N–H and O–H groups in total. The van der Waals surface area contributed by atoms with E-state index in [1.807, 2.05) is 0 Å². The molecule has 3 aromatic rings. The van der Waals surface area contributed by atoms with Crippen LogP contribution in [-0.2, 0) is 0 Å². The standard InChI is InChI=1S/C33H45OSi.ClH.Mg/c1-16-19(4)25(10)31(26(11)20(16)5)35(34,32-27(12)21(6)17(2)22(7)28(32)13)33-29(14)23(8)18(3)24(9)30(33)15;;/h1-15H3;1H;/q-1;;+2/p-1. The molecule has 0 bridgehead atoms. The summed E-state index contributed by atoms with van der Waals surface area (Å²) in [6, 6.07) is 0. The molecule has 0 spiro atoms. The third-order valence-electron chi connectivity index (χ3n) is 10.1. The largest absolute Gasteiger partial charge is 2.00 e. The molecular weight excluding hydrogens is 500 g/mol. The van der Waals surface area contributed by atoms with Crippen molar-refractivity contribution in [1.29, 1.82) is 0 Å². The minimum atomic E-state index is -3.65. The van der Waals surface area contributed by atoms with Gasteiger partial charge in [0.25, 0.3) is 0 Å². The Morgan fingerprint density at radius 2 is 0.405 bits per heavy atom. The van der Waals surface area contributed by atoms with Crippen LogP contribution in [0.25, 0.3) is 0 Å². The first-order chi connectivity index (χ1) is 16.0. The van der Waals surface area contributed by atoms with Crippen molar-refractivity contribution in [2.75, 3.05) is 0 Å². The number of hydrogen-bond donors (Lipinski definition) is 0. The summed E-state index contributed by atoms with van der Waals surface area (Å²) in [7, 11) is -3.65. The number of benzene rings is 3. The number of hydrogen-bond acceptors (Lipinski definition) is 1. The second-order valence-electron chi connectivity index (χ2n) is 11.2. The monoisotopic (exact) mass is 544 g/mol. The van der Waals surface area contributed by atoms with Crippen LogP contribution >= 0.6 is 0 Å². The summed E-state index contributed by atoms with van der Waals surface area (Å²) < 4.78 is 0. The maximum Gasteiger partial charge on any atom is 2.00 e. The van der Waals surface area contributed by atoms with E-state index in [0.29, 0.717) is 0 Å². The molecule has 3 aromatic carbocycles. The van der Waals surface area contributed by atoms with Gasteiger partial charge >= 0.3 is 23.1 Å². The van der Waals surface area contributed by atoms with Gasteiger partial charge in [-0.25, -0.2) is 0 Å². The molecule has 0 saturated heterocycles. The van der Waals surface area contributed by atoms with Crippen LogP contribution in [-0.4, -0.2) is 31.4 Å². The van der Waals surface area contributed by atoms with Gasteiger partial charge in [-0.3, -0.25) is 0 Å². The molecule has 0 atom stereocenters. The van der Waals surface area contributed by atoms with E-state index in [9.17, 15) is 0 Å². The molecule has 0 aliphatic heterocycles. The summed E-state index contributed by atoms with van der Waals surface area (Å²) in [5.74, 6) is 0. The van der Waals surface area contributed by atoms with Gasteiger partial charge in [-0.15, -0.1) is 0 Å². The Kier molecular flexibility index (Phi) is 10.6. The zero-order chi connectivity index (χ0) is 26.9.